The van der Waals surface area contributed by atoms with Gasteiger partial charge in [0.05, 0.1) is 13.2 Å². The third kappa shape index (κ3) is 45.6. The van der Waals surface area contributed by atoms with E-state index in [-0.39, 0.29) is 75.5 Å². The topological polar surface area (TPSA) is 196 Å². The summed E-state index contributed by atoms with van der Waals surface area (Å²) in [6, 6.07) is 0. The van der Waals surface area contributed by atoms with Crippen molar-refractivity contribution in [2.24, 2.45) is 0 Å². The standard InChI is InChI=1S/C3H9O6P.2Ca.H3O4P/c4-1-3(5)2-9-10(6,7)8;;;1-5(2,3)4/h3-5H,1-2H2,(H2,6,7,8);;;(H3,1,2,3,4)/q;2*+2;/p-4. The third-order valence-electron chi connectivity index (χ3n) is 0.641. The largest absolute Gasteiger partial charge is 2.00 e. The quantitative estimate of drug-likeness (QED) is 0.326. The van der Waals surface area contributed by atoms with E-state index in [0.717, 1.165) is 0 Å². The van der Waals surface area contributed by atoms with Gasteiger partial charge in [-0.15, -0.1) is 0 Å². The van der Waals surface area contributed by atoms with E-state index in [1.54, 1.807) is 0 Å². The minimum atomic E-state index is -5.39. The molecule has 0 rings (SSSR count). The molecule has 17 heavy (non-hydrogen) atoms. The Bertz CT molecular complexity index is 240. The van der Waals surface area contributed by atoms with Crippen molar-refractivity contribution in [3.8, 4) is 0 Å². The first-order chi connectivity index (χ1) is 6.45. The molecule has 0 aliphatic carbocycles. The summed E-state index contributed by atoms with van der Waals surface area (Å²) in [6.07, 6.45) is -1.28. The average Bonchev–Trinajstić information content (AvgIpc) is 1.95. The van der Waals surface area contributed by atoms with Crippen LogP contribution in [0, 0.1) is 0 Å². The van der Waals surface area contributed by atoms with Crippen LogP contribution in [0.4, 0.5) is 0 Å². The molecule has 14 heteroatoms. The van der Waals surface area contributed by atoms with Crippen molar-refractivity contribution < 1.29 is 48.3 Å². The Hall–Kier alpha value is 2.66. The van der Waals surface area contributed by atoms with Crippen LogP contribution in [0.5, 0.6) is 0 Å². The third-order valence-corrected chi connectivity index (χ3v) is 1.12. The first-order valence-corrected chi connectivity index (χ1v) is 6.11. The molecule has 0 heterocycles. The Morgan fingerprint density at radius 3 is 1.59 bits per heavy atom. The van der Waals surface area contributed by atoms with Crippen LogP contribution >= 0.6 is 15.6 Å². The maximum atomic E-state index is 9.82. The molecule has 0 radical (unpaired) electrons. The Morgan fingerprint density at radius 1 is 1.12 bits per heavy atom. The van der Waals surface area contributed by atoms with E-state index in [9.17, 15) is 9.46 Å². The van der Waals surface area contributed by atoms with Gasteiger partial charge in [-0.3, -0.25) is 4.57 Å². The van der Waals surface area contributed by atoms with Crippen molar-refractivity contribution in [3.05, 3.63) is 0 Å². The van der Waals surface area contributed by atoms with E-state index in [1.807, 2.05) is 0 Å². The molecule has 0 bridgehead atoms. The van der Waals surface area contributed by atoms with E-state index >= 15 is 0 Å². The van der Waals surface area contributed by atoms with Crippen LogP contribution in [0.15, 0.2) is 0 Å². The summed E-state index contributed by atoms with van der Waals surface area (Å²) in [4.78, 5) is 43.4. The normalized spacial score (nSPS) is 15.2. The first-order valence-electron chi connectivity index (χ1n) is 3.16. The number of phosphoric acid groups is 2. The molecule has 0 fully saturated rings. The van der Waals surface area contributed by atoms with Crippen LogP contribution < -0.4 is 19.6 Å². The SMILES string of the molecule is O=P([O-])(O)OCC(O)CO.O=P([O-])([O-])[O-].[Ca+2].[Ca+2]. The number of aliphatic hydroxyl groups excluding tert-OH is 2. The Labute approximate surface area is 156 Å². The average molecular weight is 346 g/mol. The zero-order chi connectivity index (χ0) is 12.7. The molecule has 3 N–H and O–H groups in total. The van der Waals surface area contributed by atoms with Crippen molar-refractivity contribution in [1.29, 1.82) is 0 Å². The van der Waals surface area contributed by atoms with Crippen LogP contribution in [-0.4, -0.2) is 110 Å². The summed E-state index contributed by atoms with van der Waals surface area (Å²) in [5, 5.41) is 16.6. The van der Waals surface area contributed by atoms with E-state index in [1.165, 1.54) is 0 Å². The van der Waals surface area contributed by atoms with Crippen LogP contribution in [0.1, 0.15) is 0 Å². The van der Waals surface area contributed by atoms with Gasteiger partial charge in [0.25, 0.3) is 7.82 Å². The molecule has 0 saturated carbocycles. The monoisotopic (exact) mass is 346 g/mol. The van der Waals surface area contributed by atoms with E-state index in [2.05, 4.69) is 4.52 Å². The maximum Gasteiger partial charge on any atom is 2.00 e. The van der Waals surface area contributed by atoms with E-state index < -0.39 is 35.0 Å². The van der Waals surface area contributed by atoms with E-state index in [0.29, 0.717) is 0 Å². The van der Waals surface area contributed by atoms with Crippen LogP contribution in [0.25, 0.3) is 0 Å². The molecule has 2 atom stereocenters. The molecule has 2 unspecified atom stereocenters. The summed E-state index contributed by atoms with van der Waals surface area (Å²) in [6.45, 7) is -1.24. The van der Waals surface area contributed by atoms with Gasteiger partial charge >= 0.3 is 75.5 Å². The van der Waals surface area contributed by atoms with Crippen LogP contribution in [0.2, 0.25) is 0 Å². The summed E-state index contributed by atoms with van der Waals surface area (Å²) < 4.78 is 22.1. The van der Waals surface area contributed by atoms with Crippen LogP contribution in [0.3, 0.4) is 0 Å². The molecule has 94 valence electrons. The maximum absolute atomic E-state index is 9.82. The fourth-order valence-electron chi connectivity index (χ4n) is 0.233. The number of hydrogen-bond acceptors (Lipinski definition) is 9. The van der Waals surface area contributed by atoms with Gasteiger partial charge in [0, 0.05) is 0 Å². The molecule has 0 saturated heterocycles. The molecular formula is C3H8Ca2O10P2. The minimum Gasteiger partial charge on any atom is -0.822 e. The minimum absolute atomic E-state index is 0. The van der Waals surface area contributed by atoms with Crippen molar-refractivity contribution in [2.75, 3.05) is 13.2 Å². The summed E-state index contributed by atoms with van der Waals surface area (Å²) in [7, 11) is -10.1. The number of rotatable bonds is 4. The smallest absolute Gasteiger partial charge is 0.822 e. The molecule has 0 aromatic carbocycles. The number of hydrogen-bond donors (Lipinski definition) is 3. The molecule has 10 nitrogen and oxygen atoms in total. The van der Waals surface area contributed by atoms with Gasteiger partial charge in [-0.05, 0) is 0 Å². The fourth-order valence-corrected chi connectivity index (χ4v) is 0.593. The molecule has 0 aliphatic heterocycles. The predicted octanol–water partition coefficient (Wildman–Crippen LogP) is -5.77. The zero-order valence-electron chi connectivity index (χ0n) is 8.50. The van der Waals surface area contributed by atoms with Gasteiger partial charge in [0.2, 0.25) is 0 Å². The first kappa shape index (κ1) is 27.9. The molecule has 0 spiro atoms. The van der Waals surface area contributed by atoms with Crippen molar-refractivity contribution in [3.63, 3.8) is 0 Å². The Morgan fingerprint density at radius 2 is 1.41 bits per heavy atom. The molecule has 0 amide bonds. The van der Waals surface area contributed by atoms with Gasteiger partial charge in [-0.25, -0.2) is 0 Å². The zero-order valence-corrected chi connectivity index (χ0v) is 14.7. The second-order valence-electron chi connectivity index (χ2n) is 2.05. The summed E-state index contributed by atoms with van der Waals surface area (Å²) in [5.74, 6) is 0. The number of phosphoric ester groups is 1. The van der Waals surface area contributed by atoms with E-state index in [4.69, 9.17) is 34.4 Å². The van der Waals surface area contributed by atoms with Crippen molar-refractivity contribution >= 4 is 91.1 Å². The van der Waals surface area contributed by atoms with Gasteiger partial charge in [-0.2, -0.15) is 7.82 Å². The molecule has 0 aromatic rings. The Kier molecular flexibility index (Phi) is 22.4. The molecule has 0 aliphatic rings. The van der Waals surface area contributed by atoms with Gasteiger partial charge in [0.15, 0.2) is 0 Å². The fraction of sp³-hybridized carbons (Fsp3) is 1.00. The number of aliphatic hydroxyl groups is 2. The van der Waals surface area contributed by atoms with Gasteiger partial charge in [-0.1, -0.05) is 0 Å². The van der Waals surface area contributed by atoms with Crippen LogP contribution in [-0.2, 0) is 13.7 Å². The summed E-state index contributed by atoms with van der Waals surface area (Å²) in [5.41, 5.74) is 0. The molecular weight excluding hydrogens is 338 g/mol. The molecule has 0 aromatic heterocycles. The van der Waals surface area contributed by atoms with Gasteiger partial charge < -0.3 is 43.8 Å². The van der Waals surface area contributed by atoms with Crippen molar-refractivity contribution in [1.82, 2.24) is 0 Å². The van der Waals surface area contributed by atoms with Crippen molar-refractivity contribution in [2.45, 2.75) is 6.10 Å². The predicted molar refractivity (Wildman–Crippen MR) is 48.0 cm³/mol. The second kappa shape index (κ2) is 13.6. The Balaban J connectivity index is -0.000000105. The van der Waals surface area contributed by atoms with Gasteiger partial charge in [0.1, 0.15) is 6.10 Å². The summed E-state index contributed by atoms with van der Waals surface area (Å²) >= 11 is 0. The second-order valence-corrected chi connectivity index (χ2v) is 4.14.